The average Bonchev–Trinajstić information content (AvgIpc) is 3.00. The summed E-state index contributed by atoms with van der Waals surface area (Å²) in [7, 11) is -8.02. The molecule has 0 saturated carbocycles. The molecule has 0 atom stereocenters. The third-order valence-electron chi connectivity index (χ3n) is 13.1. The predicted octanol–water partition coefficient (Wildman–Crippen LogP) is 10.1. The second kappa shape index (κ2) is 10.4. The van der Waals surface area contributed by atoms with Gasteiger partial charge in [-0.25, -0.2) is 0 Å². The summed E-state index contributed by atoms with van der Waals surface area (Å²) >= 11 is 0. The maximum Gasteiger partial charge on any atom is 0.0799 e. The van der Waals surface area contributed by atoms with Gasteiger partial charge in [0.15, 0.2) is 0 Å². The molecule has 6 aromatic carbocycles. The molecule has 6 aromatic rings. The number of benzene rings is 6. The Kier molecular flexibility index (Phi) is 7.16. The molecule has 0 N–H and O–H groups in total. The molecular weight excluding hydrogens is 617 g/mol. The average molecular weight is 669 g/mol. The zero-order valence-corrected chi connectivity index (χ0v) is 34.2. The molecule has 0 spiro atoms. The maximum absolute atomic E-state index is 2.70. The highest BCUT2D eigenvalue weighted by Crippen LogP contribution is 2.39. The van der Waals surface area contributed by atoms with Gasteiger partial charge in [-0.1, -0.05) is 174 Å². The summed E-state index contributed by atoms with van der Waals surface area (Å²) in [6, 6.07) is 34.8. The minimum Gasteiger partial charge on any atom is -0.0671 e. The van der Waals surface area contributed by atoms with Gasteiger partial charge in [-0.15, -0.1) is 0 Å². The molecule has 0 aromatic heterocycles. The van der Waals surface area contributed by atoms with Crippen LogP contribution in [0.4, 0.5) is 0 Å². The Hall–Kier alpha value is -2.77. The Morgan fingerprint density at radius 1 is 0.326 bits per heavy atom. The van der Waals surface area contributed by atoms with Gasteiger partial charge < -0.3 is 0 Å². The minimum atomic E-state index is -2.00. The van der Waals surface area contributed by atoms with Crippen molar-refractivity contribution in [1.29, 1.82) is 0 Å². The van der Waals surface area contributed by atoms with Crippen LogP contribution in [0.5, 0.6) is 0 Å². The van der Waals surface area contributed by atoms with Gasteiger partial charge in [-0.2, -0.15) is 0 Å². The lowest BCUT2D eigenvalue weighted by Crippen LogP contribution is -2.70. The van der Waals surface area contributed by atoms with Crippen molar-refractivity contribution in [2.24, 2.45) is 0 Å². The lowest BCUT2D eigenvalue weighted by molar-refractivity contribution is 0.885. The highest BCUT2D eigenvalue weighted by Gasteiger charge is 2.48. The Morgan fingerprint density at radius 2 is 0.543 bits per heavy atom. The second-order valence-electron chi connectivity index (χ2n) is 17.0. The molecule has 0 fully saturated rings. The van der Waals surface area contributed by atoms with E-state index in [1.807, 2.05) is 0 Å². The van der Waals surface area contributed by atoms with E-state index in [0.29, 0.717) is 11.8 Å². The fourth-order valence-corrected chi connectivity index (χ4v) is 28.1. The standard InChI is InChI=1S/C42H52Si4/c1-27(2)41-29-17-13-21-37-33(29)25-34-30(41)18-14-22-38(34)44(7,8)46(11,12)40-24-16-20-32-36(40)26-35-31(42(32)28(3)4)19-15-23-39(35)45(9,10)43(37,5)6/h13-28H,1-12H3. The fourth-order valence-electron chi connectivity index (χ4n) is 9.17. The molecule has 1 aliphatic rings. The maximum atomic E-state index is 2.70. The molecule has 236 valence electrons. The largest absolute Gasteiger partial charge is 0.0799 e. The molecule has 7 rings (SSSR count). The van der Waals surface area contributed by atoms with Crippen LogP contribution in [-0.4, -0.2) is 30.4 Å². The first-order chi connectivity index (χ1) is 21.5. The smallest absolute Gasteiger partial charge is 0.0671 e. The van der Waals surface area contributed by atoms with Crippen molar-refractivity contribution in [3.05, 3.63) is 96.1 Å². The Labute approximate surface area is 280 Å². The minimum absolute atomic E-state index is 0.456. The first-order valence-electron chi connectivity index (χ1n) is 17.5. The Morgan fingerprint density at radius 3 is 0.739 bits per heavy atom. The van der Waals surface area contributed by atoms with Gasteiger partial charge >= 0.3 is 0 Å². The first kappa shape index (κ1) is 31.8. The Bertz CT molecular complexity index is 1910. The first-order valence-corrected chi connectivity index (χ1v) is 31.5. The van der Waals surface area contributed by atoms with Gasteiger partial charge in [0.25, 0.3) is 0 Å². The monoisotopic (exact) mass is 668 g/mol. The third kappa shape index (κ3) is 4.12. The van der Waals surface area contributed by atoms with Gasteiger partial charge in [-0.3, -0.25) is 0 Å². The van der Waals surface area contributed by atoms with Crippen molar-refractivity contribution < 1.29 is 0 Å². The van der Waals surface area contributed by atoms with Gasteiger partial charge in [0, 0.05) is 0 Å². The van der Waals surface area contributed by atoms with Crippen LogP contribution in [0.15, 0.2) is 84.9 Å². The van der Waals surface area contributed by atoms with Crippen LogP contribution >= 0.6 is 0 Å². The van der Waals surface area contributed by atoms with Crippen molar-refractivity contribution in [1.82, 2.24) is 0 Å². The van der Waals surface area contributed by atoms with E-state index in [0.717, 1.165) is 0 Å². The molecular formula is C42H52Si4. The van der Waals surface area contributed by atoms with Crippen molar-refractivity contribution in [3.8, 4) is 0 Å². The van der Waals surface area contributed by atoms with E-state index in [2.05, 4.69) is 165 Å². The number of hydrogen-bond acceptors (Lipinski definition) is 0. The molecule has 4 bridgehead atoms. The Balaban J connectivity index is 1.78. The predicted molar refractivity (Wildman–Crippen MR) is 220 cm³/mol. The summed E-state index contributed by atoms with van der Waals surface area (Å²) in [4.78, 5) is 0. The lowest BCUT2D eigenvalue weighted by Gasteiger charge is -2.43. The van der Waals surface area contributed by atoms with Crippen LogP contribution in [0.25, 0.3) is 43.1 Å². The summed E-state index contributed by atoms with van der Waals surface area (Å²) < 4.78 is 0. The van der Waals surface area contributed by atoms with E-state index in [4.69, 9.17) is 0 Å². The zero-order chi connectivity index (χ0) is 33.1. The van der Waals surface area contributed by atoms with Crippen LogP contribution in [0.3, 0.4) is 0 Å². The lowest BCUT2D eigenvalue weighted by atomic mass is 9.90. The summed E-state index contributed by atoms with van der Waals surface area (Å²) in [6.45, 7) is 31.3. The highest BCUT2D eigenvalue weighted by molar-refractivity contribution is 7.51. The van der Waals surface area contributed by atoms with Crippen LogP contribution in [0.2, 0.25) is 52.4 Å². The van der Waals surface area contributed by atoms with Crippen molar-refractivity contribution in [3.63, 3.8) is 0 Å². The molecule has 4 heteroatoms. The molecule has 0 amide bonds. The van der Waals surface area contributed by atoms with Crippen LogP contribution in [0.1, 0.15) is 50.7 Å². The van der Waals surface area contributed by atoms with Crippen LogP contribution < -0.4 is 20.7 Å². The van der Waals surface area contributed by atoms with E-state index in [-0.39, 0.29) is 0 Å². The summed E-state index contributed by atoms with van der Waals surface area (Å²) in [6.07, 6.45) is 0. The third-order valence-corrected chi connectivity index (χ3v) is 48.5. The van der Waals surface area contributed by atoms with E-state index < -0.39 is 30.4 Å². The van der Waals surface area contributed by atoms with Crippen LogP contribution in [-0.2, 0) is 0 Å². The van der Waals surface area contributed by atoms with E-state index in [1.165, 1.54) is 43.1 Å². The highest BCUT2D eigenvalue weighted by atomic mass is 29.3. The second-order valence-corrected chi connectivity index (χ2v) is 47.1. The molecule has 0 saturated heterocycles. The summed E-state index contributed by atoms with van der Waals surface area (Å²) in [5.74, 6) is 0.912. The molecule has 0 radical (unpaired) electrons. The molecule has 46 heavy (non-hydrogen) atoms. The van der Waals surface area contributed by atoms with Gasteiger partial charge in [0.05, 0.1) is 30.4 Å². The van der Waals surface area contributed by atoms with Crippen molar-refractivity contribution in [2.75, 3.05) is 0 Å². The van der Waals surface area contributed by atoms with Crippen molar-refractivity contribution >= 4 is 94.2 Å². The van der Waals surface area contributed by atoms with E-state index in [9.17, 15) is 0 Å². The summed E-state index contributed by atoms with van der Waals surface area (Å²) in [5, 5.41) is 18.7. The molecule has 1 heterocycles. The van der Waals surface area contributed by atoms with Gasteiger partial charge in [0.1, 0.15) is 0 Å². The zero-order valence-electron chi connectivity index (χ0n) is 30.2. The van der Waals surface area contributed by atoms with Crippen LogP contribution in [0, 0.1) is 0 Å². The van der Waals surface area contributed by atoms with E-state index >= 15 is 0 Å². The quantitative estimate of drug-likeness (QED) is 0.127. The van der Waals surface area contributed by atoms with Gasteiger partial charge in [0.2, 0.25) is 0 Å². The molecule has 0 unspecified atom stereocenters. The van der Waals surface area contributed by atoms with Crippen molar-refractivity contribution in [2.45, 2.75) is 91.9 Å². The fraction of sp³-hybridized carbons (Fsp3) is 0.333. The summed E-state index contributed by atoms with van der Waals surface area (Å²) in [5.41, 5.74) is 3.10. The normalized spacial score (nSPS) is 18.2. The van der Waals surface area contributed by atoms with E-state index in [1.54, 1.807) is 31.9 Å². The topological polar surface area (TPSA) is 0 Å². The molecule has 0 nitrogen and oxygen atoms in total. The molecule has 1 aliphatic heterocycles. The van der Waals surface area contributed by atoms with Gasteiger partial charge in [-0.05, 0) is 78.2 Å². The molecule has 0 aliphatic carbocycles. The SMILES string of the molecule is CC(C)c1c2cccc3c2cc2c(cccc12)[Si](C)(C)[Si](C)(C)c1cccc2c(C(C)C)c4cccc(c4cc12)[Si](C)(C)[Si]3(C)C. The number of rotatable bonds is 2. The number of hydrogen-bond donors (Lipinski definition) is 0.